The zero-order valence-electron chi connectivity index (χ0n) is 15.6. The zero-order valence-corrected chi connectivity index (χ0v) is 17.3. The molecule has 2 unspecified atom stereocenters. The Labute approximate surface area is 167 Å². The Balaban J connectivity index is 2.08. The van der Waals surface area contributed by atoms with Gasteiger partial charge in [-0.1, -0.05) is 6.92 Å². The van der Waals surface area contributed by atoms with E-state index in [1.807, 2.05) is 13.8 Å². The number of rotatable bonds is 8. The number of nitrogens with one attached hydrogen (secondary N) is 1. The van der Waals surface area contributed by atoms with Gasteiger partial charge in [-0.2, -0.15) is 13.2 Å². The maximum atomic E-state index is 13.1. The molecule has 0 saturated heterocycles. The highest BCUT2D eigenvalue weighted by molar-refractivity contribution is 8.00. The highest BCUT2D eigenvalue weighted by Crippen LogP contribution is 2.41. The lowest BCUT2D eigenvalue weighted by Gasteiger charge is -2.12. The molecule has 0 radical (unpaired) electrons. The molecule has 156 valence electrons. The molecule has 2 aromatic rings. The average molecular weight is 437 g/mol. The molecule has 0 amide bonds. The number of alkyl halides is 3. The number of nitrogens with two attached hydrogens (primary N) is 1. The summed E-state index contributed by atoms with van der Waals surface area (Å²) in [6, 6.07) is -0.177. The van der Waals surface area contributed by atoms with Crippen LogP contribution in [-0.2, 0) is 13.1 Å². The molecule has 1 aliphatic carbocycles. The molecule has 1 saturated carbocycles. The van der Waals surface area contributed by atoms with Crippen LogP contribution in [-0.4, -0.2) is 33.5 Å². The van der Waals surface area contributed by atoms with Crippen LogP contribution in [0.4, 0.5) is 13.2 Å². The third-order valence-corrected chi connectivity index (χ3v) is 6.96. The molecule has 3 N–H and O–H groups in total. The van der Waals surface area contributed by atoms with Crippen molar-refractivity contribution < 1.29 is 13.2 Å². The van der Waals surface area contributed by atoms with Crippen LogP contribution in [0.5, 0.6) is 0 Å². The molecule has 0 aliphatic heterocycles. The molecule has 6 nitrogen and oxygen atoms in total. The van der Waals surface area contributed by atoms with Gasteiger partial charge in [0.1, 0.15) is 4.83 Å². The van der Waals surface area contributed by atoms with Crippen molar-refractivity contribution in [2.45, 2.75) is 44.9 Å². The van der Waals surface area contributed by atoms with Crippen molar-refractivity contribution in [2.75, 3.05) is 18.8 Å². The second-order valence-electron chi connectivity index (χ2n) is 6.98. The van der Waals surface area contributed by atoms with Gasteiger partial charge in [0.05, 0.1) is 5.39 Å². The highest BCUT2D eigenvalue weighted by Gasteiger charge is 2.38. The van der Waals surface area contributed by atoms with Crippen molar-refractivity contribution in [3.05, 3.63) is 31.3 Å². The SMILES string of the molecule is Cc1c(CNCCN)sc2c1c(=O)n(C1CC1C)c(=O)n2CCSC(F)(F)F. The van der Waals surface area contributed by atoms with Gasteiger partial charge in [0.2, 0.25) is 0 Å². The van der Waals surface area contributed by atoms with Crippen LogP contribution in [0.3, 0.4) is 0 Å². The number of aromatic nitrogens is 2. The van der Waals surface area contributed by atoms with E-state index in [1.165, 1.54) is 20.5 Å². The molecule has 28 heavy (non-hydrogen) atoms. The smallest absolute Gasteiger partial charge is 0.329 e. The predicted molar refractivity (Wildman–Crippen MR) is 107 cm³/mol. The molecular weight excluding hydrogens is 413 g/mol. The van der Waals surface area contributed by atoms with Crippen molar-refractivity contribution in [2.24, 2.45) is 11.7 Å². The van der Waals surface area contributed by atoms with E-state index in [4.69, 9.17) is 5.73 Å². The Bertz CT molecular complexity index is 980. The van der Waals surface area contributed by atoms with E-state index in [0.717, 1.165) is 16.9 Å². The fraction of sp³-hybridized carbons (Fsp3) is 0.647. The van der Waals surface area contributed by atoms with Gasteiger partial charge in [-0.3, -0.25) is 13.9 Å². The summed E-state index contributed by atoms with van der Waals surface area (Å²) >= 11 is 1.12. The first-order valence-corrected chi connectivity index (χ1v) is 10.8. The molecule has 1 aliphatic rings. The molecule has 2 aromatic heterocycles. The number of halogens is 3. The molecule has 0 spiro atoms. The summed E-state index contributed by atoms with van der Waals surface area (Å²) in [5, 5.41) is 3.60. The maximum absolute atomic E-state index is 13.1. The molecule has 0 bridgehead atoms. The lowest BCUT2D eigenvalue weighted by molar-refractivity contribution is -0.0328. The monoisotopic (exact) mass is 436 g/mol. The fourth-order valence-electron chi connectivity index (χ4n) is 3.29. The Morgan fingerprint density at radius 3 is 2.61 bits per heavy atom. The van der Waals surface area contributed by atoms with Gasteiger partial charge in [-0.05, 0) is 36.6 Å². The van der Waals surface area contributed by atoms with E-state index in [0.29, 0.717) is 29.9 Å². The molecule has 2 atom stereocenters. The summed E-state index contributed by atoms with van der Waals surface area (Å²) in [5.74, 6) is -0.0697. The van der Waals surface area contributed by atoms with Crippen molar-refractivity contribution in [3.8, 4) is 0 Å². The van der Waals surface area contributed by atoms with Gasteiger partial charge in [0, 0.05) is 42.9 Å². The molecule has 1 fully saturated rings. The number of aryl methyl sites for hydroxylation is 2. The summed E-state index contributed by atoms with van der Waals surface area (Å²) in [4.78, 5) is 27.4. The molecule has 11 heteroatoms. The van der Waals surface area contributed by atoms with E-state index in [-0.39, 0.29) is 41.6 Å². The fourth-order valence-corrected chi connectivity index (χ4v) is 5.08. The highest BCUT2D eigenvalue weighted by atomic mass is 32.2. The van der Waals surface area contributed by atoms with Crippen LogP contribution in [0.25, 0.3) is 10.2 Å². The predicted octanol–water partition coefficient (Wildman–Crippen LogP) is 2.42. The normalized spacial score (nSPS) is 19.5. The largest absolute Gasteiger partial charge is 0.441 e. The first-order valence-electron chi connectivity index (χ1n) is 9.04. The summed E-state index contributed by atoms with van der Waals surface area (Å²) in [7, 11) is 0. The van der Waals surface area contributed by atoms with Gasteiger partial charge in [0.15, 0.2) is 0 Å². The zero-order chi connectivity index (χ0) is 20.6. The number of nitrogens with zero attached hydrogens (tertiary/aromatic N) is 2. The van der Waals surface area contributed by atoms with Crippen molar-refractivity contribution in [1.82, 2.24) is 14.5 Å². The molecule has 0 aromatic carbocycles. The number of hydrogen-bond acceptors (Lipinski definition) is 6. The quantitative estimate of drug-likeness (QED) is 0.621. The summed E-state index contributed by atoms with van der Waals surface area (Å²) < 4.78 is 40.2. The van der Waals surface area contributed by atoms with Gasteiger partial charge in [-0.15, -0.1) is 11.3 Å². The Kier molecular flexibility index (Phi) is 6.28. The second kappa shape index (κ2) is 8.21. The molecule has 2 heterocycles. The Hall–Kier alpha value is -1.30. The second-order valence-corrected chi connectivity index (χ2v) is 9.22. The van der Waals surface area contributed by atoms with Crippen molar-refractivity contribution in [1.29, 1.82) is 0 Å². The van der Waals surface area contributed by atoms with E-state index >= 15 is 0 Å². The first kappa shape index (κ1) is 21.4. The third-order valence-electron chi connectivity index (χ3n) is 4.93. The molecular formula is C17H23F3N4O2S2. The van der Waals surface area contributed by atoms with Crippen molar-refractivity contribution >= 4 is 33.3 Å². The number of thioether (sulfide) groups is 1. The Morgan fingerprint density at radius 2 is 2.04 bits per heavy atom. The number of hydrogen-bond donors (Lipinski definition) is 2. The van der Waals surface area contributed by atoms with Gasteiger partial charge >= 0.3 is 11.2 Å². The standard InChI is InChI=1S/C17H23F3N4O2S2/c1-9-7-11(9)24-14(25)13-10(2)12(8-22-4-3-21)28-15(13)23(16(24)26)5-6-27-17(18,19)20/h9,11,22H,3-8,21H2,1-2H3. The van der Waals surface area contributed by atoms with Gasteiger partial charge in [0.25, 0.3) is 5.56 Å². The summed E-state index contributed by atoms with van der Waals surface area (Å²) in [6.45, 7) is 5.23. The van der Waals surface area contributed by atoms with E-state index in [1.54, 1.807) is 0 Å². The topological polar surface area (TPSA) is 82.1 Å². The lowest BCUT2D eigenvalue weighted by atomic mass is 10.2. The molecule has 3 rings (SSSR count). The maximum Gasteiger partial charge on any atom is 0.441 e. The van der Waals surface area contributed by atoms with Gasteiger partial charge < -0.3 is 11.1 Å². The average Bonchev–Trinajstić information content (AvgIpc) is 3.21. The number of thiophene rings is 1. The summed E-state index contributed by atoms with van der Waals surface area (Å²) in [6.07, 6.45) is 0.728. The van der Waals surface area contributed by atoms with Crippen LogP contribution in [0.15, 0.2) is 9.59 Å². The van der Waals surface area contributed by atoms with Crippen LogP contribution in [0.2, 0.25) is 0 Å². The van der Waals surface area contributed by atoms with Gasteiger partial charge in [-0.25, -0.2) is 4.79 Å². The van der Waals surface area contributed by atoms with Crippen LogP contribution in [0, 0.1) is 12.8 Å². The minimum Gasteiger partial charge on any atom is -0.329 e. The van der Waals surface area contributed by atoms with Crippen LogP contribution < -0.4 is 22.3 Å². The number of fused-ring (bicyclic) bond motifs is 1. The Morgan fingerprint density at radius 1 is 1.36 bits per heavy atom. The van der Waals surface area contributed by atoms with E-state index in [2.05, 4.69) is 5.32 Å². The minimum absolute atomic E-state index is 0.101. The van der Waals surface area contributed by atoms with E-state index in [9.17, 15) is 22.8 Å². The first-order chi connectivity index (χ1) is 13.2. The third kappa shape index (κ3) is 4.32. The summed E-state index contributed by atoms with van der Waals surface area (Å²) in [5.41, 5.74) is 1.04. The minimum atomic E-state index is -4.36. The lowest BCUT2D eigenvalue weighted by Crippen LogP contribution is -2.40. The van der Waals surface area contributed by atoms with Crippen LogP contribution in [0.1, 0.15) is 29.8 Å². The van der Waals surface area contributed by atoms with E-state index < -0.39 is 11.2 Å². The van der Waals surface area contributed by atoms with Crippen molar-refractivity contribution in [3.63, 3.8) is 0 Å². The van der Waals surface area contributed by atoms with Crippen LogP contribution >= 0.6 is 23.1 Å².